The zero-order valence-corrected chi connectivity index (χ0v) is 27.1. The maximum atomic E-state index is 14.5. The molecule has 0 radical (unpaired) electrons. The van der Waals surface area contributed by atoms with Crippen molar-refractivity contribution < 1.29 is 28.7 Å². The number of phenols is 1. The van der Waals surface area contributed by atoms with Gasteiger partial charge in [-0.15, -0.1) is 0 Å². The van der Waals surface area contributed by atoms with E-state index in [0.29, 0.717) is 17.7 Å². The molecule has 0 bridgehead atoms. The maximum absolute atomic E-state index is 14.5. The number of aromatic hydroxyl groups is 1. The molecule has 3 fully saturated rings. The molecular formula is C39H31ClFN3O5. The van der Waals surface area contributed by atoms with Crippen LogP contribution in [0.3, 0.4) is 0 Å². The van der Waals surface area contributed by atoms with Crippen molar-refractivity contribution in [1.82, 2.24) is 0 Å². The lowest BCUT2D eigenvalue weighted by atomic mass is 9.51. The summed E-state index contributed by atoms with van der Waals surface area (Å²) in [7, 11) is 0. The first-order valence-corrected chi connectivity index (χ1v) is 16.6. The summed E-state index contributed by atoms with van der Waals surface area (Å²) in [6.45, 7) is 1.75. The number of benzene rings is 4. The Morgan fingerprint density at radius 2 is 1.51 bits per heavy atom. The van der Waals surface area contributed by atoms with Crippen LogP contribution in [0.5, 0.6) is 5.75 Å². The lowest BCUT2D eigenvalue weighted by Crippen LogP contribution is -2.48. The Morgan fingerprint density at radius 1 is 0.796 bits per heavy atom. The number of anilines is 4. The molecule has 8 rings (SSSR count). The van der Waals surface area contributed by atoms with Crippen LogP contribution in [0.25, 0.3) is 0 Å². The van der Waals surface area contributed by atoms with Gasteiger partial charge in [-0.3, -0.25) is 24.1 Å². The Kier molecular flexibility index (Phi) is 7.22. The average Bonchev–Trinajstić information content (AvgIpc) is 3.46. The summed E-state index contributed by atoms with van der Waals surface area (Å²) >= 11 is 6.08. The number of nitrogens with one attached hydrogen (secondary N) is 1. The van der Waals surface area contributed by atoms with Crippen molar-refractivity contribution >= 4 is 58.0 Å². The highest BCUT2D eigenvalue weighted by atomic mass is 35.5. The number of carbonyl (C=O) groups excluding carboxylic acids is 4. The van der Waals surface area contributed by atoms with E-state index < -0.39 is 52.6 Å². The minimum Gasteiger partial charge on any atom is -0.508 e. The van der Waals surface area contributed by atoms with E-state index in [0.717, 1.165) is 27.9 Å². The molecule has 49 heavy (non-hydrogen) atoms. The standard InChI is InChI=1S/C39H31ClFN3O5/c1-39-30(36(47)44(38(39)49)25-14-17-32(41)31(40)19-25)20-29-27(34(39)21-6-5-9-26(45)18-21)15-16-28-33(29)37(48)43(35(28)46)24-12-10-23(11-13-24)42-22-7-3-2-4-8-22/h2-15,17-19,28-30,33-34,42,45H,16,20H2,1H3/t28-,29+,30-,33-,34-,39+/m0/s1. The maximum Gasteiger partial charge on any atom is 0.241 e. The van der Waals surface area contributed by atoms with Crippen molar-refractivity contribution in [1.29, 1.82) is 0 Å². The summed E-state index contributed by atoms with van der Waals surface area (Å²) in [5, 5.41) is 13.6. The quantitative estimate of drug-likeness (QED) is 0.169. The number of amides is 4. The molecule has 1 saturated carbocycles. The van der Waals surface area contributed by atoms with Gasteiger partial charge in [0.1, 0.15) is 11.6 Å². The van der Waals surface area contributed by atoms with Gasteiger partial charge in [-0.2, -0.15) is 0 Å². The molecule has 2 saturated heterocycles. The molecule has 2 heterocycles. The summed E-state index contributed by atoms with van der Waals surface area (Å²) in [5.41, 5.74) is 2.44. The van der Waals surface area contributed by atoms with Gasteiger partial charge in [0.25, 0.3) is 0 Å². The van der Waals surface area contributed by atoms with Crippen LogP contribution >= 0.6 is 11.6 Å². The fraction of sp³-hybridized carbons (Fsp3) is 0.231. The zero-order chi connectivity index (χ0) is 34.2. The van der Waals surface area contributed by atoms with Crippen LogP contribution in [-0.4, -0.2) is 28.7 Å². The molecule has 2 N–H and O–H groups in total. The topological polar surface area (TPSA) is 107 Å². The second kappa shape index (κ2) is 11.4. The van der Waals surface area contributed by atoms with Crippen molar-refractivity contribution in [2.75, 3.05) is 15.1 Å². The fourth-order valence-electron chi connectivity index (χ4n) is 8.61. The Labute approximate surface area is 286 Å². The number of fused-ring (bicyclic) bond motifs is 4. The van der Waals surface area contributed by atoms with Gasteiger partial charge in [0.05, 0.1) is 39.6 Å². The van der Waals surface area contributed by atoms with Gasteiger partial charge in [-0.25, -0.2) is 9.29 Å². The smallest absolute Gasteiger partial charge is 0.241 e. The molecule has 4 aromatic rings. The van der Waals surface area contributed by atoms with Gasteiger partial charge in [-0.05, 0) is 98.0 Å². The lowest BCUT2D eigenvalue weighted by molar-refractivity contribution is -0.131. The molecule has 8 nitrogen and oxygen atoms in total. The molecule has 2 aliphatic heterocycles. The van der Waals surface area contributed by atoms with E-state index in [4.69, 9.17) is 11.6 Å². The molecule has 0 aromatic heterocycles. The molecular weight excluding hydrogens is 645 g/mol. The number of halogens is 2. The molecule has 0 unspecified atom stereocenters. The Morgan fingerprint density at radius 3 is 2.22 bits per heavy atom. The SMILES string of the molecule is C[C@@]12C(=O)N(c3ccc(F)c(Cl)c3)C(=O)[C@@H]1C[C@@H]1C(=CC[C@@H]3C(=O)N(c4ccc(Nc5ccccc5)cc4)C(=O)[C@@H]31)[C@@H]2c1cccc(O)c1. The summed E-state index contributed by atoms with van der Waals surface area (Å²) < 4.78 is 14.1. The van der Waals surface area contributed by atoms with E-state index >= 15 is 0 Å². The number of phenolic OH excluding ortho intramolecular Hbond substituents is 1. The second-order valence-electron chi connectivity index (χ2n) is 13.4. The number of imide groups is 2. The monoisotopic (exact) mass is 675 g/mol. The highest BCUT2D eigenvalue weighted by Gasteiger charge is 2.67. The van der Waals surface area contributed by atoms with E-state index in [1.165, 1.54) is 23.1 Å². The Balaban J connectivity index is 1.17. The van der Waals surface area contributed by atoms with Crippen LogP contribution in [0.1, 0.15) is 31.2 Å². The van der Waals surface area contributed by atoms with E-state index in [-0.39, 0.29) is 34.7 Å². The van der Waals surface area contributed by atoms with Gasteiger partial charge in [0.15, 0.2) is 0 Å². The number of carbonyl (C=O) groups is 4. The van der Waals surface area contributed by atoms with E-state index in [2.05, 4.69) is 5.32 Å². The van der Waals surface area contributed by atoms with Crippen molar-refractivity contribution in [3.8, 4) is 5.75 Å². The number of hydrogen-bond acceptors (Lipinski definition) is 6. The molecule has 2 aliphatic carbocycles. The van der Waals surface area contributed by atoms with Gasteiger partial charge in [0.2, 0.25) is 23.6 Å². The van der Waals surface area contributed by atoms with Crippen molar-refractivity contribution in [3.05, 3.63) is 125 Å². The number of allylic oxidation sites excluding steroid dienone is 2. The zero-order valence-electron chi connectivity index (χ0n) is 26.3. The molecule has 4 aliphatic rings. The van der Waals surface area contributed by atoms with Crippen LogP contribution in [-0.2, 0) is 19.2 Å². The van der Waals surface area contributed by atoms with Crippen LogP contribution in [0, 0.1) is 34.9 Å². The molecule has 4 aromatic carbocycles. The van der Waals surface area contributed by atoms with Gasteiger partial charge in [-0.1, -0.05) is 53.6 Å². The van der Waals surface area contributed by atoms with Crippen LogP contribution in [0.4, 0.5) is 27.1 Å². The van der Waals surface area contributed by atoms with E-state index in [1.54, 1.807) is 37.3 Å². The minimum atomic E-state index is -1.30. The summed E-state index contributed by atoms with van der Waals surface area (Å²) in [5.74, 6) is -5.69. The largest absolute Gasteiger partial charge is 0.508 e. The first-order valence-electron chi connectivity index (χ1n) is 16.2. The summed E-state index contributed by atoms with van der Waals surface area (Å²) in [6, 6.07) is 27.1. The van der Waals surface area contributed by atoms with Gasteiger partial charge < -0.3 is 10.4 Å². The van der Waals surface area contributed by atoms with E-state index in [1.807, 2.05) is 48.5 Å². The first kappa shape index (κ1) is 31.0. The number of nitrogens with zero attached hydrogens (tertiary/aromatic N) is 2. The first-order chi connectivity index (χ1) is 23.6. The molecule has 10 heteroatoms. The second-order valence-corrected chi connectivity index (χ2v) is 13.8. The van der Waals surface area contributed by atoms with Crippen molar-refractivity contribution in [3.63, 3.8) is 0 Å². The van der Waals surface area contributed by atoms with Gasteiger partial charge >= 0.3 is 0 Å². The normalized spacial score (nSPS) is 27.5. The third-order valence-corrected chi connectivity index (χ3v) is 11.1. The molecule has 6 atom stereocenters. The molecule has 246 valence electrons. The highest BCUT2D eigenvalue weighted by Crippen LogP contribution is 2.64. The summed E-state index contributed by atoms with van der Waals surface area (Å²) in [6.07, 6.45) is 2.42. The van der Waals surface area contributed by atoms with E-state index in [9.17, 15) is 28.7 Å². The number of para-hydroxylation sites is 1. The fourth-order valence-corrected chi connectivity index (χ4v) is 8.78. The highest BCUT2D eigenvalue weighted by molar-refractivity contribution is 6.32. The van der Waals surface area contributed by atoms with Crippen molar-refractivity contribution in [2.45, 2.75) is 25.7 Å². The Hall–Kier alpha value is -5.28. The number of rotatable bonds is 5. The molecule has 4 amide bonds. The van der Waals surface area contributed by atoms with Crippen LogP contribution in [0.15, 0.2) is 109 Å². The average molecular weight is 676 g/mol. The summed E-state index contributed by atoms with van der Waals surface area (Å²) in [4.78, 5) is 59.4. The van der Waals surface area contributed by atoms with Crippen LogP contribution < -0.4 is 15.1 Å². The minimum absolute atomic E-state index is 0.00324. The molecule has 0 spiro atoms. The Bertz CT molecular complexity index is 2090. The predicted molar refractivity (Wildman–Crippen MR) is 183 cm³/mol. The third-order valence-electron chi connectivity index (χ3n) is 10.8. The van der Waals surface area contributed by atoms with Gasteiger partial charge in [0, 0.05) is 17.3 Å². The lowest BCUT2D eigenvalue weighted by Gasteiger charge is -2.49. The number of hydrogen-bond donors (Lipinski definition) is 2. The van der Waals surface area contributed by atoms with Crippen LogP contribution in [0.2, 0.25) is 5.02 Å². The predicted octanol–water partition coefficient (Wildman–Crippen LogP) is 7.36. The third kappa shape index (κ3) is 4.70. The van der Waals surface area contributed by atoms with Crippen molar-refractivity contribution in [2.24, 2.45) is 29.1 Å².